The molecule has 0 radical (unpaired) electrons. The SMILES string of the molecule is NC(=O)CNc1ccnc(F)n1. The van der Waals surface area contributed by atoms with Crippen molar-refractivity contribution in [2.45, 2.75) is 0 Å². The van der Waals surface area contributed by atoms with Gasteiger partial charge in [0.15, 0.2) is 0 Å². The quantitative estimate of drug-likeness (QED) is 0.600. The van der Waals surface area contributed by atoms with Crippen LogP contribution < -0.4 is 11.1 Å². The molecule has 0 aliphatic carbocycles. The van der Waals surface area contributed by atoms with Gasteiger partial charge < -0.3 is 11.1 Å². The second-order valence-corrected chi connectivity index (χ2v) is 2.03. The summed E-state index contributed by atoms with van der Waals surface area (Å²) in [5.41, 5.74) is 4.84. The molecule has 0 unspecified atom stereocenters. The number of nitrogens with one attached hydrogen (secondary N) is 1. The number of anilines is 1. The van der Waals surface area contributed by atoms with Crippen molar-refractivity contribution in [1.82, 2.24) is 9.97 Å². The highest BCUT2D eigenvalue weighted by Gasteiger charge is 1.97. The molecule has 5 nitrogen and oxygen atoms in total. The summed E-state index contributed by atoms with van der Waals surface area (Å²) in [6.45, 7) is -0.0730. The average molecular weight is 170 g/mol. The fraction of sp³-hybridized carbons (Fsp3) is 0.167. The minimum Gasteiger partial charge on any atom is -0.368 e. The third-order valence-electron chi connectivity index (χ3n) is 1.07. The highest BCUT2D eigenvalue weighted by Crippen LogP contribution is 1.98. The van der Waals surface area contributed by atoms with Gasteiger partial charge in [0, 0.05) is 6.20 Å². The maximum Gasteiger partial charge on any atom is 0.310 e. The lowest BCUT2D eigenvalue weighted by Crippen LogP contribution is -2.22. The molecule has 0 aliphatic heterocycles. The van der Waals surface area contributed by atoms with Crippen LogP contribution in [0.5, 0.6) is 0 Å². The molecule has 1 rings (SSSR count). The fourth-order valence-corrected chi connectivity index (χ4v) is 0.611. The molecule has 0 aromatic carbocycles. The van der Waals surface area contributed by atoms with E-state index in [0.29, 0.717) is 0 Å². The second-order valence-electron chi connectivity index (χ2n) is 2.03. The van der Waals surface area contributed by atoms with Crippen LogP contribution in [0.15, 0.2) is 12.3 Å². The highest BCUT2D eigenvalue weighted by molar-refractivity contribution is 5.78. The molecule has 0 spiro atoms. The number of rotatable bonds is 3. The number of carbonyl (C=O) groups excluding carboxylic acids is 1. The van der Waals surface area contributed by atoms with Gasteiger partial charge in [-0.05, 0) is 6.07 Å². The van der Waals surface area contributed by atoms with Gasteiger partial charge in [0.1, 0.15) is 5.82 Å². The van der Waals surface area contributed by atoms with Gasteiger partial charge in [0.2, 0.25) is 5.91 Å². The molecule has 3 N–H and O–H groups in total. The van der Waals surface area contributed by atoms with E-state index >= 15 is 0 Å². The lowest BCUT2D eigenvalue weighted by molar-refractivity contribution is -0.116. The van der Waals surface area contributed by atoms with Gasteiger partial charge >= 0.3 is 6.08 Å². The molecule has 0 fully saturated rings. The normalized spacial score (nSPS) is 9.42. The summed E-state index contributed by atoms with van der Waals surface area (Å²) < 4.78 is 12.3. The van der Waals surface area contributed by atoms with Crippen molar-refractivity contribution in [2.24, 2.45) is 5.73 Å². The number of carbonyl (C=O) groups is 1. The van der Waals surface area contributed by atoms with Crippen molar-refractivity contribution in [3.8, 4) is 0 Å². The third-order valence-corrected chi connectivity index (χ3v) is 1.07. The van der Waals surface area contributed by atoms with Crippen molar-refractivity contribution < 1.29 is 9.18 Å². The van der Waals surface area contributed by atoms with Crippen LogP contribution in [-0.4, -0.2) is 22.4 Å². The average Bonchev–Trinajstić information content (AvgIpc) is 2.01. The molecule has 12 heavy (non-hydrogen) atoms. The predicted octanol–water partition coefficient (Wildman–Crippen LogP) is -0.487. The van der Waals surface area contributed by atoms with Gasteiger partial charge in [-0.1, -0.05) is 0 Å². The standard InChI is InChI=1S/C6H7FN4O/c7-6-9-2-1-5(11-6)10-3-4(8)12/h1-2H,3H2,(H2,8,12)(H,9,10,11). The topological polar surface area (TPSA) is 80.9 Å². The van der Waals surface area contributed by atoms with E-state index in [2.05, 4.69) is 15.3 Å². The van der Waals surface area contributed by atoms with Crippen LogP contribution in [0.4, 0.5) is 10.2 Å². The number of amides is 1. The number of nitrogens with two attached hydrogens (primary N) is 1. The van der Waals surface area contributed by atoms with Crippen LogP contribution in [0.1, 0.15) is 0 Å². The van der Waals surface area contributed by atoms with Crippen molar-refractivity contribution in [1.29, 1.82) is 0 Å². The van der Waals surface area contributed by atoms with Crippen LogP contribution >= 0.6 is 0 Å². The molecule has 0 saturated heterocycles. The number of nitrogens with zero attached hydrogens (tertiary/aromatic N) is 2. The monoisotopic (exact) mass is 170 g/mol. The van der Waals surface area contributed by atoms with Gasteiger partial charge in [0.05, 0.1) is 6.54 Å². The Morgan fingerprint density at radius 2 is 2.50 bits per heavy atom. The van der Waals surface area contributed by atoms with Crippen LogP contribution in [0.25, 0.3) is 0 Å². The Kier molecular flexibility index (Phi) is 2.52. The maximum atomic E-state index is 12.3. The van der Waals surface area contributed by atoms with E-state index in [4.69, 9.17) is 5.73 Å². The van der Waals surface area contributed by atoms with Crippen LogP contribution in [0, 0.1) is 6.08 Å². The van der Waals surface area contributed by atoms with Gasteiger partial charge in [-0.25, -0.2) is 4.98 Å². The molecule has 1 amide bonds. The first-order valence-electron chi connectivity index (χ1n) is 3.19. The smallest absolute Gasteiger partial charge is 0.310 e. The Balaban J connectivity index is 2.57. The summed E-state index contributed by atoms with van der Waals surface area (Å²) in [4.78, 5) is 16.9. The number of hydrogen-bond acceptors (Lipinski definition) is 4. The third kappa shape index (κ3) is 2.49. The van der Waals surface area contributed by atoms with E-state index in [1.54, 1.807) is 0 Å². The summed E-state index contributed by atoms with van der Waals surface area (Å²) in [5.74, 6) is -0.296. The molecule has 6 heteroatoms. The molecule has 1 aromatic rings. The first kappa shape index (κ1) is 8.38. The molecule has 1 aromatic heterocycles. The van der Waals surface area contributed by atoms with Crippen molar-refractivity contribution in [3.05, 3.63) is 18.3 Å². The Morgan fingerprint density at radius 3 is 3.08 bits per heavy atom. The van der Waals surface area contributed by atoms with Crippen LogP contribution in [-0.2, 0) is 4.79 Å². The summed E-state index contributed by atoms with van der Waals surface area (Å²) >= 11 is 0. The molecule has 1 heterocycles. The fourth-order valence-electron chi connectivity index (χ4n) is 0.611. The van der Waals surface area contributed by atoms with Crippen LogP contribution in [0.3, 0.4) is 0 Å². The van der Waals surface area contributed by atoms with E-state index in [-0.39, 0.29) is 12.4 Å². The van der Waals surface area contributed by atoms with E-state index in [9.17, 15) is 9.18 Å². The van der Waals surface area contributed by atoms with E-state index in [0.717, 1.165) is 0 Å². The molecular formula is C6H7FN4O. The maximum absolute atomic E-state index is 12.3. The summed E-state index contributed by atoms with van der Waals surface area (Å²) in [5, 5.41) is 2.52. The van der Waals surface area contributed by atoms with E-state index < -0.39 is 12.0 Å². The second kappa shape index (κ2) is 3.61. The first-order chi connectivity index (χ1) is 5.68. The molecule has 0 aliphatic rings. The lowest BCUT2D eigenvalue weighted by Gasteiger charge is -2.00. The molecule has 0 atom stereocenters. The Bertz CT molecular complexity index is 291. The van der Waals surface area contributed by atoms with Crippen molar-refractivity contribution in [2.75, 3.05) is 11.9 Å². The zero-order chi connectivity index (χ0) is 8.97. The number of primary amides is 1. The summed E-state index contributed by atoms with van der Waals surface area (Å²) in [6.07, 6.45) is 0.399. The zero-order valence-corrected chi connectivity index (χ0v) is 6.12. The Hall–Kier alpha value is -1.72. The van der Waals surface area contributed by atoms with E-state index in [1.807, 2.05) is 0 Å². The lowest BCUT2D eigenvalue weighted by atomic mass is 10.5. The van der Waals surface area contributed by atoms with Gasteiger partial charge in [-0.15, -0.1) is 0 Å². The predicted molar refractivity (Wildman–Crippen MR) is 39.7 cm³/mol. The van der Waals surface area contributed by atoms with Crippen molar-refractivity contribution >= 4 is 11.7 Å². The summed E-state index contributed by atoms with van der Waals surface area (Å²) in [7, 11) is 0. The van der Waals surface area contributed by atoms with Gasteiger partial charge in [-0.3, -0.25) is 4.79 Å². The van der Waals surface area contributed by atoms with Gasteiger partial charge in [0.25, 0.3) is 0 Å². The molecule has 64 valence electrons. The molecule has 0 saturated carbocycles. The summed E-state index contributed by atoms with van der Waals surface area (Å²) in [6, 6.07) is 1.44. The number of aromatic nitrogens is 2. The van der Waals surface area contributed by atoms with Crippen LogP contribution in [0.2, 0.25) is 0 Å². The minimum absolute atomic E-state index is 0.0730. The largest absolute Gasteiger partial charge is 0.368 e. The zero-order valence-electron chi connectivity index (χ0n) is 6.12. The minimum atomic E-state index is -0.843. The first-order valence-corrected chi connectivity index (χ1v) is 3.19. The number of halogens is 1. The van der Waals surface area contributed by atoms with E-state index in [1.165, 1.54) is 12.3 Å². The Morgan fingerprint density at radius 1 is 1.75 bits per heavy atom. The Labute approximate surface area is 67.8 Å². The molecular weight excluding hydrogens is 163 g/mol. The van der Waals surface area contributed by atoms with Crippen molar-refractivity contribution in [3.63, 3.8) is 0 Å². The number of hydrogen-bond donors (Lipinski definition) is 2. The highest BCUT2D eigenvalue weighted by atomic mass is 19.1. The molecule has 0 bridgehead atoms. The van der Waals surface area contributed by atoms with Gasteiger partial charge in [-0.2, -0.15) is 9.37 Å².